The molecule has 0 bridgehead atoms. The van der Waals surface area contributed by atoms with Crippen molar-refractivity contribution < 1.29 is 0 Å². The average molecular weight is 232 g/mol. The summed E-state index contributed by atoms with van der Waals surface area (Å²) >= 11 is 7.10. The van der Waals surface area contributed by atoms with Crippen LogP contribution < -0.4 is 0 Å². The summed E-state index contributed by atoms with van der Waals surface area (Å²) in [6.07, 6.45) is 0. The second-order valence-corrected chi connectivity index (χ2v) is 5.95. The van der Waals surface area contributed by atoms with E-state index in [1.165, 1.54) is 0 Å². The van der Waals surface area contributed by atoms with Gasteiger partial charge >= 0.3 is 0 Å². The fraction of sp³-hybridized carbons (Fsp3) is 0.900. The van der Waals surface area contributed by atoms with Crippen molar-refractivity contribution in [3.05, 3.63) is 0 Å². The molecule has 1 aliphatic rings. The normalized spacial score (nSPS) is 17.9. The van der Waals surface area contributed by atoms with Crippen molar-refractivity contribution >= 4 is 28.3 Å². The van der Waals surface area contributed by atoms with E-state index in [2.05, 4.69) is 37.5 Å². The molecule has 0 unspecified atom stereocenters. The third kappa shape index (κ3) is 3.11. The molecular weight excluding hydrogens is 212 g/mol. The van der Waals surface area contributed by atoms with Crippen LogP contribution in [0.4, 0.5) is 0 Å². The highest BCUT2D eigenvalue weighted by Gasteiger charge is 2.22. The number of hydrogen-bond acceptors (Lipinski definition) is 3. The first kappa shape index (κ1) is 12.3. The van der Waals surface area contributed by atoms with E-state index in [1.807, 2.05) is 0 Å². The Morgan fingerprint density at radius 3 is 2.29 bits per heavy atom. The molecule has 0 amide bonds. The van der Waals surface area contributed by atoms with Crippen molar-refractivity contribution in [1.29, 1.82) is 0 Å². The van der Waals surface area contributed by atoms with Crippen LogP contribution in [0.5, 0.6) is 0 Å². The van der Waals surface area contributed by atoms with Crippen molar-refractivity contribution in [2.45, 2.75) is 39.8 Å². The fourth-order valence-corrected chi connectivity index (χ4v) is 2.89. The van der Waals surface area contributed by atoms with Gasteiger partial charge in [0.15, 0.2) is 0 Å². The Morgan fingerprint density at radius 1 is 1.36 bits per heavy atom. The second kappa shape index (κ2) is 5.33. The van der Waals surface area contributed by atoms with Gasteiger partial charge in [0.25, 0.3) is 0 Å². The highest BCUT2D eigenvalue weighted by molar-refractivity contribution is 8.23. The van der Waals surface area contributed by atoms with Crippen LogP contribution in [0.1, 0.15) is 27.7 Å². The van der Waals surface area contributed by atoms with Gasteiger partial charge in [-0.25, -0.2) is 0 Å². The van der Waals surface area contributed by atoms with Crippen LogP contribution in [0.2, 0.25) is 0 Å². The van der Waals surface area contributed by atoms with E-state index in [0.29, 0.717) is 12.1 Å². The predicted octanol–water partition coefficient (Wildman–Crippen LogP) is 2.40. The minimum atomic E-state index is 0.586. The molecular formula is C10H20N2S2. The van der Waals surface area contributed by atoms with Crippen LogP contribution in [-0.4, -0.2) is 45.2 Å². The highest BCUT2D eigenvalue weighted by atomic mass is 32.2. The van der Waals surface area contributed by atoms with Crippen molar-refractivity contribution in [2.24, 2.45) is 0 Å². The van der Waals surface area contributed by atoms with Gasteiger partial charge in [0.05, 0.1) is 6.67 Å². The maximum absolute atomic E-state index is 5.29. The summed E-state index contributed by atoms with van der Waals surface area (Å²) in [7, 11) is 0. The average Bonchev–Trinajstić information content (AvgIpc) is 2.46. The topological polar surface area (TPSA) is 6.48 Å². The molecule has 14 heavy (non-hydrogen) atoms. The van der Waals surface area contributed by atoms with Gasteiger partial charge in [-0.3, -0.25) is 4.90 Å². The molecule has 0 aromatic heterocycles. The zero-order valence-electron chi connectivity index (χ0n) is 9.49. The van der Waals surface area contributed by atoms with Crippen LogP contribution in [0.15, 0.2) is 0 Å². The quantitative estimate of drug-likeness (QED) is 0.686. The molecule has 1 aliphatic heterocycles. The monoisotopic (exact) mass is 232 g/mol. The summed E-state index contributed by atoms with van der Waals surface area (Å²) in [6, 6.07) is 1.17. The molecule has 0 N–H and O–H groups in total. The number of hydrogen-bond donors (Lipinski definition) is 0. The van der Waals surface area contributed by atoms with Gasteiger partial charge in [0.2, 0.25) is 0 Å². The smallest absolute Gasteiger partial charge is 0.137 e. The van der Waals surface area contributed by atoms with Crippen LogP contribution in [0, 0.1) is 0 Å². The standard InChI is InChI=1S/C10H20N2S2/c1-8(2)12(9(3)4)7-11-5-6-14-10(11)13/h8-9H,5-7H2,1-4H3. The zero-order valence-corrected chi connectivity index (χ0v) is 11.1. The number of rotatable bonds is 4. The molecule has 0 radical (unpaired) electrons. The summed E-state index contributed by atoms with van der Waals surface area (Å²) in [6.45, 7) is 11.1. The summed E-state index contributed by atoms with van der Waals surface area (Å²) < 4.78 is 1.07. The number of thiocarbonyl (C=S) groups is 1. The van der Waals surface area contributed by atoms with Crippen molar-refractivity contribution in [3.63, 3.8) is 0 Å². The van der Waals surface area contributed by atoms with E-state index in [0.717, 1.165) is 23.3 Å². The van der Waals surface area contributed by atoms with Crippen LogP contribution >= 0.6 is 24.0 Å². The maximum atomic E-state index is 5.29. The van der Waals surface area contributed by atoms with Crippen molar-refractivity contribution in [1.82, 2.24) is 9.80 Å². The molecule has 0 spiro atoms. The minimum absolute atomic E-state index is 0.586. The number of thioether (sulfide) groups is 1. The summed E-state index contributed by atoms with van der Waals surface area (Å²) in [4.78, 5) is 4.78. The summed E-state index contributed by atoms with van der Waals surface area (Å²) in [5, 5.41) is 0. The maximum Gasteiger partial charge on any atom is 0.137 e. The Hall–Kier alpha value is 0.200. The molecule has 1 saturated heterocycles. The third-order valence-electron chi connectivity index (χ3n) is 2.51. The van der Waals surface area contributed by atoms with E-state index in [1.54, 1.807) is 11.8 Å². The van der Waals surface area contributed by atoms with Crippen LogP contribution in [0.3, 0.4) is 0 Å². The first-order valence-corrected chi connectivity index (χ1v) is 6.59. The Labute approximate surface area is 97.0 Å². The lowest BCUT2D eigenvalue weighted by Gasteiger charge is -2.34. The Bertz CT molecular complexity index is 196. The first-order chi connectivity index (χ1) is 6.52. The highest BCUT2D eigenvalue weighted by Crippen LogP contribution is 2.19. The lowest BCUT2D eigenvalue weighted by molar-refractivity contribution is 0.122. The summed E-state index contributed by atoms with van der Waals surface area (Å²) in [5.41, 5.74) is 0. The number of nitrogens with zero attached hydrogens (tertiary/aromatic N) is 2. The summed E-state index contributed by atoms with van der Waals surface area (Å²) in [5.74, 6) is 1.16. The zero-order chi connectivity index (χ0) is 10.7. The predicted molar refractivity (Wildman–Crippen MR) is 68.7 cm³/mol. The molecule has 1 rings (SSSR count). The minimum Gasteiger partial charge on any atom is -0.344 e. The van der Waals surface area contributed by atoms with Crippen LogP contribution in [0.25, 0.3) is 0 Å². The molecule has 0 saturated carbocycles. The van der Waals surface area contributed by atoms with E-state index in [4.69, 9.17) is 12.2 Å². The van der Waals surface area contributed by atoms with Gasteiger partial charge in [0, 0.05) is 24.4 Å². The molecule has 0 atom stereocenters. The molecule has 0 aromatic carbocycles. The molecule has 4 heteroatoms. The lowest BCUT2D eigenvalue weighted by atomic mass is 10.2. The van der Waals surface area contributed by atoms with E-state index in [9.17, 15) is 0 Å². The second-order valence-electron chi connectivity index (χ2n) is 4.22. The van der Waals surface area contributed by atoms with E-state index < -0.39 is 0 Å². The van der Waals surface area contributed by atoms with Gasteiger partial charge in [0.1, 0.15) is 4.32 Å². The SMILES string of the molecule is CC(C)N(CN1CCSC1=S)C(C)C. The Balaban J connectivity index is 2.50. The molecule has 1 fully saturated rings. The van der Waals surface area contributed by atoms with Gasteiger partial charge in [-0.2, -0.15) is 0 Å². The van der Waals surface area contributed by atoms with E-state index in [-0.39, 0.29) is 0 Å². The van der Waals surface area contributed by atoms with Gasteiger partial charge in [-0.15, -0.1) is 0 Å². The van der Waals surface area contributed by atoms with E-state index >= 15 is 0 Å². The fourth-order valence-electron chi connectivity index (χ4n) is 1.67. The molecule has 0 aromatic rings. The third-order valence-corrected chi connectivity index (χ3v) is 4.01. The Kier molecular flexibility index (Phi) is 4.67. The molecule has 1 heterocycles. The van der Waals surface area contributed by atoms with Gasteiger partial charge < -0.3 is 4.90 Å². The van der Waals surface area contributed by atoms with Gasteiger partial charge in [-0.1, -0.05) is 24.0 Å². The molecule has 0 aliphatic carbocycles. The molecule has 2 nitrogen and oxygen atoms in total. The lowest BCUT2D eigenvalue weighted by Crippen LogP contribution is -2.45. The van der Waals surface area contributed by atoms with Crippen LogP contribution in [-0.2, 0) is 0 Å². The first-order valence-electron chi connectivity index (χ1n) is 5.20. The Morgan fingerprint density at radius 2 is 1.93 bits per heavy atom. The van der Waals surface area contributed by atoms with Crippen molar-refractivity contribution in [2.75, 3.05) is 19.0 Å². The van der Waals surface area contributed by atoms with Crippen molar-refractivity contribution in [3.8, 4) is 0 Å². The largest absolute Gasteiger partial charge is 0.344 e. The molecule has 82 valence electrons. The van der Waals surface area contributed by atoms with Gasteiger partial charge in [-0.05, 0) is 27.7 Å².